The van der Waals surface area contributed by atoms with Crippen molar-refractivity contribution in [1.29, 1.82) is 0 Å². The number of nitrogens with zero attached hydrogens (tertiary/aromatic N) is 2. The van der Waals surface area contributed by atoms with Gasteiger partial charge in [0.05, 0.1) is 5.92 Å². The first-order valence-electron chi connectivity index (χ1n) is 9.61. The van der Waals surface area contributed by atoms with Crippen LogP contribution < -0.4 is 10.1 Å². The van der Waals surface area contributed by atoms with Crippen LogP contribution in [0.2, 0.25) is 0 Å². The summed E-state index contributed by atoms with van der Waals surface area (Å²) in [5.74, 6) is 0.182. The van der Waals surface area contributed by atoms with Crippen LogP contribution in [0.3, 0.4) is 0 Å². The quantitative estimate of drug-likeness (QED) is 0.751. The largest absolute Gasteiger partial charge is 0.489 e. The van der Waals surface area contributed by atoms with Crippen LogP contribution in [0.25, 0.3) is 0 Å². The Labute approximate surface area is 172 Å². The normalized spacial score (nSPS) is 17.8. The average molecular weight is 418 g/mol. The second kappa shape index (κ2) is 9.39. The number of amides is 1. The maximum atomic E-state index is 12.6. The predicted molar refractivity (Wildman–Crippen MR) is 113 cm³/mol. The van der Waals surface area contributed by atoms with E-state index in [1.165, 1.54) is 22.7 Å². The van der Waals surface area contributed by atoms with E-state index in [0.717, 1.165) is 5.56 Å². The number of hydrogen-bond donors (Lipinski definition) is 1. The fourth-order valence-electron chi connectivity index (χ4n) is 3.22. The lowest BCUT2D eigenvalue weighted by Crippen LogP contribution is -2.47. The van der Waals surface area contributed by atoms with Gasteiger partial charge in [-0.2, -0.15) is 17.0 Å². The van der Waals surface area contributed by atoms with Crippen LogP contribution in [0.4, 0.5) is 5.69 Å². The van der Waals surface area contributed by atoms with Gasteiger partial charge in [0.2, 0.25) is 5.91 Å². The third kappa shape index (κ3) is 5.56. The molecule has 8 heteroatoms. The second-order valence-electron chi connectivity index (χ2n) is 7.28. The molecule has 1 N–H and O–H groups in total. The van der Waals surface area contributed by atoms with Crippen molar-refractivity contribution in [2.75, 3.05) is 32.5 Å². The molecule has 0 spiro atoms. The lowest BCUT2D eigenvalue weighted by molar-refractivity contribution is -0.120. The topological polar surface area (TPSA) is 79.0 Å². The number of rotatable bonds is 7. The van der Waals surface area contributed by atoms with Crippen LogP contribution in [0, 0.1) is 5.92 Å². The van der Waals surface area contributed by atoms with E-state index in [1.807, 2.05) is 42.5 Å². The highest BCUT2D eigenvalue weighted by molar-refractivity contribution is 7.86. The molecular weight excluding hydrogens is 390 g/mol. The Morgan fingerprint density at radius 1 is 1.14 bits per heavy atom. The van der Waals surface area contributed by atoms with Crippen molar-refractivity contribution >= 4 is 21.8 Å². The first-order valence-corrected chi connectivity index (χ1v) is 11.0. The number of piperidine rings is 1. The summed E-state index contributed by atoms with van der Waals surface area (Å²) in [6, 6.07) is 17.1. The van der Waals surface area contributed by atoms with E-state index in [-0.39, 0.29) is 18.4 Å². The highest BCUT2D eigenvalue weighted by Crippen LogP contribution is 2.23. The van der Waals surface area contributed by atoms with Gasteiger partial charge in [0.15, 0.2) is 0 Å². The summed E-state index contributed by atoms with van der Waals surface area (Å²) < 4.78 is 32.9. The van der Waals surface area contributed by atoms with Crippen molar-refractivity contribution in [3.63, 3.8) is 0 Å². The number of carbonyl (C=O) groups excluding carboxylic acids is 1. The lowest BCUT2D eigenvalue weighted by atomic mass is 9.99. The van der Waals surface area contributed by atoms with E-state index in [1.54, 1.807) is 12.1 Å². The Morgan fingerprint density at radius 3 is 2.48 bits per heavy atom. The molecule has 0 radical (unpaired) electrons. The Morgan fingerprint density at radius 2 is 1.83 bits per heavy atom. The molecule has 0 aliphatic carbocycles. The van der Waals surface area contributed by atoms with Crippen molar-refractivity contribution in [2.45, 2.75) is 19.4 Å². The molecule has 2 aromatic rings. The van der Waals surface area contributed by atoms with Crippen LogP contribution in [-0.2, 0) is 21.6 Å². The molecule has 156 valence electrons. The maximum absolute atomic E-state index is 12.6. The number of carbonyl (C=O) groups is 1. The third-order valence-electron chi connectivity index (χ3n) is 4.91. The van der Waals surface area contributed by atoms with E-state index in [2.05, 4.69) is 5.32 Å². The van der Waals surface area contributed by atoms with Gasteiger partial charge in [-0.3, -0.25) is 4.79 Å². The molecule has 2 aromatic carbocycles. The van der Waals surface area contributed by atoms with Crippen LogP contribution in [-0.4, -0.2) is 50.1 Å². The van der Waals surface area contributed by atoms with E-state index in [0.29, 0.717) is 37.4 Å². The first kappa shape index (κ1) is 21.3. The van der Waals surface area contributed by atoms with E-state index in [4.69, 9.17) is 4.74 Å². The van der Waals surface area contributed by atoms with Crippen LogP contribution in [0.5, 0.6) is 5.75 Å². The van der Waals surface area contributed by atoms with Gasteiger partial charge in [0, 0.05) is 32.9 Å². The minimum atomic E-state index is -3.50. The zero-order valence-corrected chi connectivity index (χ0v) is 17.6. The molecule has 1 saturated heterocycles. The minimum Gasteiger partial charge on any atom is -0.489 e. The van der Waals surface area contributed by atoms with E-state index < -0.39 is 10.2 Å². The summed E-state index contributed by atoms with van der Waals surface area (Å²) >= 11 is 0. The number of hydrogen-bond acceptors (Lipinski definition) is 4. The zero-order chi connectivity index (χ0) is 20.9. The van der Waals surface area contributed by atoms with Crippen LogP contribution in [0.15, 0.2) is 54.6 Å². The highest BCUT2D eigenvalue weighted by Gasteiger charge is 2.33. The van der Waals surface area contributed by atoms with Gasteiger partial charge in [-0.25, -0.2) is 0 Å². The standard InChI is InChI=1S/C21H27N3O4S/c1-23(2)29(26,27)24-14-6-9-18(15-24)21(25)22-19-10-12-20(13-11-19)28-16-17-7-4-3-5-8-17/h3-5,7-8,10-13,18H,6,9,14-16H2,1-2H3,(H,22,25). The molecule has 3 rings (SSSR count). The van der Waals surface area contributed by atoms with E-state index >= 15 is 0 Å². The molecule has 1 aliphatic rings. The molecule has 0 saturated carbocycles. The summed E-state index contributed by atoms with van der Waals surface area (Å²) in [5.41, 5.74) is 1.74. The van der Waals surface area contributed by atoms with E-state index in [9.17, 15) is 13.2 Å². The number of nitrogens with one attached hydrogen (secondary N) is 1. The predicted octanol–water partition coefficient (Wildman–Crippen LogP) is 2.72. The van der Waals surface area contributed by atoms with Crippen molar-refractivity contribution < 1.29 is 17.9 Å². The molecule has 29 heavy (non-hydrogen) atoms. The van der Waals surface area contributed by atoms with Gasteiger partial charge < -0.3 is 10.1 Å². The van der Waals surface area contributed by atoms with Gasteiger partial charge in [0.25, 0.3) is 10.2 Å². The highest BCUT2D eigenvalue weighted by atomic mass is 32.2. The Balaban J connectivity index is 1.55. The fourth-order valence-corrected chi connectivity index (χ4v) is 4.41. The zero-order valence-electron chi connectivity index (χ0n) is 16.7. The summed E-state index contributed by atoms with van der Waals surface area (Å²) in [6.45, 7) is 1.12. The van der Waals surface area contributed by atoms with Crippen molar-refractivity contribution in [1.82, 2.24) is 8.61 Å². The van der Waals surface area contributed by atoms with Crippen LogP contribution >= 0.6 is 0 Å². The molecule has 0 bridgehead atoms. The smallest absolute Gasteiger partial charge is 0.281 e. The Hall–Kier alpha value is -2.42. The summed E-state index contributed by atoms with van der Waals surface area (Å²) in [7, 11) is -0.503. The van der Waals surface area contributed by atoms with Gasteiger partial charge in [0.1, 0.15) is 12.4 Å². The molecule has 1 fully saturated rings. The lowest BCUT2D eigenvalue weighted by Gasteiger charge is -2.32. The van der Waals surface area contributed by atoms with Crippen molar-refractivity contribution in [2.24, 2.45) is 5.92 Å². The fraction of sp³-hybridized carbons (Fsp3) is 0.381. The number of benzene rings is 2. The molecule has 1 atom stereocenters. The number of ether oxygens (including phenoxy) is 1. The van der Waals surface area contributed by atoms with Gasteiger partial charge in [-0.15, -0.1) is 0 Å². The molecule has 7 nitrogen and oxygen atoms in total. The van der Waals surface area contributed by atoms with Crippen LogP contribution in [0.1, 0.15) is 18.4 Å². The first-order chi connectivity index (χ1) is 13.9. The Kier molecular flexibility index (Phi) is 6.89. The molecule has 0 aromatic heterocycles. The van der Waals surface area contributed by atoms with Crippen molar-refractivity contribution in [3.05, 3.63) is 60.2 Å². The van der Waals surface area contributed by atoms with Gasteiger partial charge in [-0.05, 0) is 42.7 Å². The summed E-state index contributed by atoms with van der Waals surface area (Å²) in [6.07, 6.45) is 1.33. The van der Waals surface area contributed by atoms with Gasteiger partial charge in [-0.1, -0.05) is 30.3 Å². The maximum Gasteiger partial charge on any atom is 0.281 e. The monoisotopic (exact) mass is 417 g/mol. The summed E-state index contributed by atoms with van der Waals surface area (Å²) in [5, 5.41) is 2.88. The molecular formula is C21H27N3O4S. The SMILES string of the molecule is CN(C)S(=O)(=O)N1CCCC(C(=O)Nc2ccc(OCc3ccccc3)cc2)C1. The van der Waals surface area contributed by atoms with Crippen molar-refractivity contribution in [3.8, 4) is 5.75 Å². The molecule has 1 aliphatic heterocycles. The summed E-state index contributed by atoms with van der Waals surface area (Å²) in [4.78, 5) is 12.6. The second-order valence-corrected chi connectivity index (χ2v) is 9.42. The van der Waals surface area contributed by atoms with Gasteiger partial charge >= 0.3 is 0 Å². The minimum absolute atomic E-state index is 0.165. The average Bonchev–Trinajstić information content (AvgIpc) is 2.74. The molecule has 1 heterocycles. The molecule has 1 amide bonds. The third-order valence-corrected chi connectivity index (χ3v) is 6.82. The molecule has 1 unspecified atom stereocenters. The number of anilines is 1. The Bertz CT molecular complexity index is 915.